The van der Waals surface area contributed by atoms with E-state index in [9.17, 15) is 4.79 Å². The Morgan fingerprint density at radius 3 is 2.68 bits per heavy atom. The third-order valence-corrected chi connectivity index (χ3v) is 5.12. The van der Waals surface area contributed by atoms with Crippen LogP contribution in [0.25, 0.3) is 10.1 Å². The molecule has 25 heavy (non-hydrogen) atoms. The molecule has 0 N–H and O–H groups in total. The number of pyridine rings is 1. The van der Waals surface area contributed by atoms with Gasteiger partial charge in [-0.1, -0.05) is 30.3 Å². The Morgan fingerprint density at radius 2 is 1.96 bits per heavy atom. The van der Waals surface area contributed by atoms with Gasteiger partial charge in [-0.25, -0.2) is 0 Å². The van der Waals surface area contributed by atoms with Crippen molar-refractivity contribution in [1.82, 2.24) is 9.88 Å². The van der Waals surface area contributed by atoms with Crippen LogP contribution in [0, 0.1) is 0 Å². The van der Waals surface area contributed by atoms with Gasteiger partial charge in [0, 0.05) is 31.4 Å². The van der Waals surface area contributed by atoms with E-state index >= 15 is 0 Å². The topological polar surface area (TPSA) is 42.4 Å². The summed E-state index contributed by atoms with van der Waals surface area (Å²) in [5.74, 6) is -0.0256. The summed E-state index contributed by atoms with van der Waals surface area (Å²) in [6.07, 6.45) is 3.47. The molecule has 0 unspecified atom stereocenters. The van der Waals surface area contributed by atoms with E-state index in [0.717, 1.165) is 15.6 Å². The highest BCUT2D eigenvalue weighted by Crippen LogP contribution is 2.27. The predicted octanol–water partition coefficient (Wildman–Crippen LogP) is 4.36. The molecular formula is C20H22N2O2S. The molecule has 0 saturated heterocycles. The highest BCUT2D eigenvalue weighted by Gasteiger charge is 2.32. The molecular weight excluding hydrogens is 332 g/mol. The number of hydrogen-bond acceptors (Lipinski definition) is 4. The molecule has 2 aromatic heterocycles. The molecule has 0 aliphatic carbocycles. The molecule has 0 bridgehead atoms. The van der Waals surface area contributed by atoms with Crippen LogP contribution >= 0.6 is 11.3 Å². The van der Waals surface area contributed by atoms with Crippen molar-refractivity contribution in [2.75, 3.05) is 13.7 Å². The van der Waals surface area contributed by atoms with Crippen molar-refractivity contribution in [1.29, 1.82) is 0 Å². The summed E-state index contributed by atoms with van der Waals surface area (Å²) in [6.45, 7) is 5.03. The minimum Gasteiger partial charge on any atom is -0.382 e. The number of ether oxygens (including phenoxy) is 1. The van der Waals surface area contributed by atoms with Gasteiger partial charge in [-0.05, 0) is 30.9 Å². The summed E-state index contributed by atoms with van der Waals surface area (Å²) in [4.78, 5) is 19.5. The first-order valence-electron chi connectivity index (χ1n) is 8.19. The zero-order valence-electron chi connectivity index (χ0n) is 14.7. The van der Waals surface area contributed by atoms with Crippen LogP contribution in [0.15, 0.2) is 54.2 Å². The maximum absolute atomic E-state index is 13.4. The maximum Gasteiger partial charge on any atom is 0.256 e. The number of rotatable bonds is 6. The number of methoxy groups -OCH3 is 1. The number of carbonyl (C=O) groups excluding carboxylic acids is 1. The predicted molar refractivity (Wildman–Crippen MR) is 102 cm³/mol. The Bertz CT molecular complexity index is 858. The number of thiophene rings is 1. The van der Waals surface area contributed by atoms with Gasteiger partial charge in [-0.3, -0.25) is 9.78 Å². The molecule has 1 aromatic carbocycles. The molecule has 0 saturated carbocycles. The van der Waals surface area contributed by atoms with Gasteiger partial charge in [0.05, 0.1) is 22.4 Å². The van der Waals surface area contributed by atoms with Gasteiger partial charge in [-0.15, -0.1) is 11.3 Å². The zero-order chi connectivity index (χ0) is 17.9. The molecule has 4 nitrogen and oxygen atoms in total. The number of hydrogen-bond donors (Lipinski definition) is 0. The third kappa shape index (κ3) is 3.72. The van der Waals surface area contributed by atoms with Crippen LogP contribution in [0.3, 0.4) is 0 Å². The highest BCUT2D eigenvalue weighted by molar-refractivity contribution is 7.17. The molecule has 0 atom stereocenters. The fourth-order valence-corrected chi connectivity index (χ4v) is 3.74. The van der Waals surface area contributed by atoms with Crippen LogP contribution in [0.2, 0.25) is 0 Å². The normalized spacial score (nSPS) is 11.6. The van der Waals surface area contributed by atoms with Crippen LogP contribution in [-0.4, -0.2) is 35.0 Å². The number of amides is 1. The molecule has 2 heterocycles. The number of aromatic nitrogens is 1. The minimum absolute atomic E-state index is 0.0256. The van der Waals surface area contributed by atoms with Gasteiger partial charge in [0.2, 0.25) is 0 Å². The fraction of sp³-hybridized carbons (Fsp3) is 0.300. The van der Waals surface area contributed by atoms with E-state index in [1.54, 1.807) is 30.8 Å². The van der Waals surface area contributed by atoms with E-state index in [1.165, 1.54) is 0 Å². The summed E-state index contributed by atoms with van der Waals surface area (Å²) in [5.41, 5.74) is 1.28. The molecule has 0 aliphatic rings. The summed E-state index contributed by atoms with van der Waals surface area (Å²) in [5, 5.41) is 2.95. The molecule has 0 spiro atoms. The van der Waals surface area contributed by atoms with Gasteiger partial charge in [0.1, 0.15) is 0 Å². The van der Waals surface area contributed by atoms with Crippen LogP contribution in [0.5, 0.6) is 0 Å². The van der Waals surface area contributed by atoms with Crippen molar-refractivity contribution in [3.8, 4) is 0 Å². The monoisotopic (exact) mass is 354 g/mol. The van der Waals surface area contributed by atoms with Crippen LogP contribution < -0.4 is 0 Å². The average molecular weight is 354 g/mol. The number of fused-ring (bicyclic) bond motifs is 1. The van der Waals surface area contributed by atoms with Crippen molar-refractivity contribution in [3.05, 3.63) is 65.3 Å². The molecule has 0 aliphatic heterocycles. The molecule has 3 rings (SSSR count). The zero-order valence-corrected chi connectivity index (χ0v) is 15.5. The quantitative estimate of drug-likeness (QED) is 0.660. The standard InChI is InChI=1S/C20H22N2O2S/c1-20(2,14-24-3)22(13-15-7-5-4-6-8-15)19(23)17-11-21-12-18-16(17)9-10-25-18/h4-12H,13-14H2,1-3H3. The molecule has 5 heteroatoms. The van der Waals surface area contributed by atoms with E-state index in [-0.39, 0.29) is 5.91 Å². The fourth-order valence-electron chi connectivity index (χ4n) is 2.97. The van der Waals surface area contributed by atoms with Gasteiger partial charge < -0.3 is 9.64 Å². The van der Waals surface area contributed by atoms with E-state index in [0.29, 0.717) is 18.7 Å². The minimum atomic E-state index is -0.445. The highest BCUT2D eigenvalue weighted by atomic mass is 32.1. The van der Waals surface area contributed by atoms with Gasteiger partial charge >= 0.3 is 0 Å². The smallest absolute Gasteiger partial charge is 0.256 e. The summed E-state index contributed by atoms with van der Waals surface area (Å²) in [6, 6.07) is 12.0. The van der Waals surface area contributed by atoms with E-state index < -0.39 is 5.54 Å². The lowest BCUT2D eigenvalue weighted by molar-refractivity contribution is 0.0232. The first-order valence-corrected chi connectivity index (χ1v) is 9.07. The number of benzene rings is 1. The second-order valence-corrected chi connectivity index (χ2v) is 7.59. The SMILES string of the molecule is COCC(C)(C)N(Cc1ccccc1)C(=O)c1cncc2sccc12. The van der Waals surface area contributed by atoms with Crippen LogP contribution in [-0.2, 0) is 11.3 Å². The second-order valence-electron chi connectivity index (χ2n) is 6.64. The first-order chi connectivity index (χ1) is 12.0. The van der Waals surface area contributed by atoms with Crippen molar-refractivity contribution in [3.63, 3.8) is 0 Å². The van der Waals surface area contributed by atoms with Crippen molar-refractivity contribution >= 4 is 27.3 Å². The largest absolute Gasteiger partial charge is 0.382 e. The van der Waals surface area contributed by atoms with E-state index in [4.69, 9.17) is 4.74 Å². The Kier molecular flexibility index (Phi) is 5.16. The van der Waals surface area contributed by atoms with Crippen molar-refractivity contribution in [2.24, 2.45) is 0 Å². The first kappa shape index (κ1) is 17.6. The molecule has 130 valence electrons. The number of carbonyl (C=O) groups is 1. The van der Waals surface area contributed by atoms with Crippen LogP contribution in [0.4, 0.5) is 0 Å². The van der Waals surface area contributed by atoms with E-state index in [1.807, 2.05) is 60.5 Å². The van der Waals surface area contributed by atoms with E-state index in [2.05, 4.69) is 4.98 Å². The Morgan fingerprint density at radius 1 is 1.20 bits per heavy atom. The lowest BCUT2D eigenvalue weighted by atomic mass is 10.0. The number of nitrogens with zero attached hydrogens (tertiary/aromatic N) is 2. The van der Waals surface area contributed by atoms with Crippen LogP contribution in [0.1, 0.15) is 29.8 Å². The van der Waals surface area contributed by atoms with Crippen molar-refractivity contribution in [2.45, 2.75) is 25.9 Å². The Balaban J connectivity index is 2.01. The summed E-state index contributed by atoms with van der Waals surface area (Å²) in [7, 11) is 1.66. The van der Waals surface area contributed by atoms with Gasteiger partial charge in [0.25, 0.3) is 5.91 Å². The van der Waals surface area contributed by atoms with Crippen molar-refractivity contribution < 1.29 is 9.53 Å². The summed E-state index contributed by atoms with van der Waals surface area (Å²) >= 11 is 1.59. The molecule has 0 fully saturated rings. The lowest BCUT2D eigenvalue weighted by Gasteiger charge is -2.38. The van der Waals surface area contributed by atoms with Gasteiger partial charge in [0.15, 0.2) is 0 Å². The Labute approximate surface area is 152 Å². The third-order valence-electron chi connectivity index (χ3n) is 4.27. The lowest BCUT2D eigenvalue weighted by Crippen LogP contribution is -2.50. The maximum atomic E-state index is 13.4. The summed E-state index contributed by atoms with van der Waals surface area (Å²) < 4.78 is 6.40. The van der Waals surface area contributed by atoms with Gasteiger partial charge in [-0.2, -0.15) is 0 Å². The average Bonchev–Trinajstić information content (AvgIpc) is 3.08. The Hall–Kier alpha value is -2.24. The second kappa shape index (κ2) is 7.33. The molecule has 0 radical (unpaired) electrons. The molecule has 3 aromatic rings. The molecule has 1 amide bonds.